The molecule has 1 saturated heterocycles. The van der Waals surface area contributed by atoms with E-state index in [4.69, 9.17) is 9.72 Å². The van der Waals surface area contributed by atoms with Crippen LogP contribution in [0.25, 0.3) is 22.5 Å². The number of aromatic nitrogens is 3. The van der Waals surface area contributed by atoms with Crippen molar-refractivity contribution in [2.45, 2.75) is 31.6 Å². The Morgan fingerprint density at radius 2 is 1.97 bits per heavy atom. The number of halogens is 1. The van der Waals surface area contributed by atoms with Crippen molar-refractivity contribution in [2.75, 3.05) is 20.2 Å². The third-order valence-corrected chi connectivity index (χ3v) is 6.82. The number of ether oxygens (including phenoxy) is 1. The topological polar surface area (TPSA) is 68.2 Å². The monoisotopic (exact) mass is 496 g/mol. The molecule has 37 heavy (non-hydrogen) atoms. The lowest BCUT2D eigenvalue weighted by Crippen LogP contribution is -2.39. The van der Waals surface area contributed by atoms with Gasteiger partial charge in [-0.1, -0.05) is 30.3 Å². The number of hydrogen-bond acceptors (Lipinski definition) is 5. The number of piperidine rings is 1. The molecule has 7 heteroatoms. The molecule has 188 valence electrons. The summed E-state index contributed by atoms with van der Waals surface area (Å²) in [6.45, 7) is 1.25. The van der Waals surface area contributed by atoms with Gasteiger partial charge in [0.25, 0.3) is 0 Å². The maximum Gasteiger partial charge on any atom is 0.222 e. The van der Waals surface area contributed by atoms with E-state index < -0.39 is 0 Å². The van der Waals surface area contributed by atoms with Crippen LogP contribution in [0, 0.1) is 5.82 Å². The zero-order chi connectivity index (χ0) is 25.6. The van der Waals surface area contributed by atoms with Crippen molar-refractivity contribution in [3.8, 4) is 28.3 Å². The van der Waals surface area contributed by atoms with Gasteiger partial charge in [0, 0.05) is 60.7 Å². The Bertz CT molecular complexity index is 1380. The second-order valence-electron chi connectivity index (χ2n) is 9.24. The van der Waals surface area contributed by atoms with Gasteiger partial charge in [-0.15, -0.1) is 0 Å². The molecule has 4 aromatic rings. The highest BCUT2D eigenvalue weighted by Crippen LogP contribution is 2.35. The molecule has 0 unspecified atom stereocenters. The van der Waals surface area contributed by atoms with E-state index in [9.17, 15) is 9.18 Å². The van der Waals surface area contributed by atoms with Gasteiger partial charge in [-0.05, 0) is 55.2 Å². The summed E-state index contributed by atoms with van der Waals surface area (Å²) < 4.78 is 20.1. The zero-order valence-corrected chi connectivity index (χ0v) is 20.8. The molecule has 0 N–H and O–H groups in total. The first-order chi connectivity index (χ1) is 18.1. The summed E-state index contributed by atoms with van der Waals surface area (Å²) in [5.74, 6) is 1.11. The van der Waals surface area contributed by atoms with Crippen LogP contribution in [0.1, 0.15) is 36.4 Å². The number of carbonyl (C=O) groups is 1. The summed E-state index contributed by atoms with van der Waals surface area (Å²) >= 11 is 0. The Morgan fingerprint density at radius 1 is 1.08 bits per heavy atom. The number of nitrogens with zero attached hydrogens (tertiary/aromatic N) is 4. The fraction of sp³-hybridized carbons (Fsp3) is 0.267. The van der Waals surface area contributed by atoms with Gasteiger partial charge in [-0.3, -0.25) is 9.78 Å². The standard InChI is InChI=1S/C30H29FN4O2/c1-37-24-10-4-7-21(17-24)13-14-28(36)35-16-6-9-23(20-35)29-26(25-11-2-3-12-27(25)31)19-33-30(34-29)22-8-5-15-32-18-22/h2-5,7-8,10-12,15,17-19,23H,6,9,13-14,16,20H2,1H3/t23-/m1/s1. The van der Waals surface area contributed by atoms with Crippen molar-refractivity contribution in [2.24, 2.45) is 0 Å². The predicted molar refractivity (Wildman–Crippen MR) is 141 cm³/mol. The zero-order valence-electron chi connectivity index (χ0n) is 20.8. The molecule has 2 aromatic carbocycles. The number of likely N-dealkylation sites (tertiary alicyclic amines) is 1. The fourth-order valence-electron chi connectivity index (χ4n) is 4.89. The van der Waals surface area contributed by atoms with Crippen LogP contribution in [0.2, 0.25) is 0 Å². The van der Waals surface area contributed by atoms with Crippen LogP contribution in [0.3, 0.4) is 0 Å². The van der Waals surface area contributed by atoms with Crippen LogP contribution in [0.15, 0.2) is 79.3 Å². The Balaban J connectivity index is 1.40. The van der Waals surface area contributed by atoms with Gasteiger partial charge in [0.15, 0.2) is 5.82 Å². The molecule has 6 nitrogen and oxygen atoms in total. The van der Waals surface area contributed by atoms with Crippen molar-refractivity contribution in [3.63, 3.8) is 0 Å². The number of methoxy groups -OCH3 is 1. The van der Waals surface area contributed by atoms with Gasteiger partial charge < -0.3 is 9.64 Å². The van der Waals surface area contributed by atoms with E-state index in [1.54, 1.807) is 37.8 Å². The van der Waals surface area contributed by atoms with Crippen molar-refractivity contribution in [1.29, 1.82) is 0 Å². The minimum Gasteiger partial charge on any atom is -0.497 e. The molecular formula is C30H29FN4O2. The lowest BCUT2D eigenvalue weighted by molar-refractivity contribution is -0.132. The quantitative estimate of drug-likeness (QED) is 0.329. The number of benzene rings is 2. The van der Waals surface area contributed by atoms with Crippen LogP contribution in [-0.2, 0) is 11.2 Å². The Morgan fingerprint density at radius 3 is 2.78 bits per heavy atom. The minimum atomic E-state index is -0.316. The van der Waals surface area contributed by atoms with Crippen molar-refractivity contribution >= 4 is 5.91 Å². The van der Waals surface area contributed by atoms with Crippen molar-refractivity contribution < 1.29 is 13.9 Å². The van der Waals surface area contributed by atoms with E-state index in [1.165, 1.54) is 6.07 Å². The first kappa shape index (κ1) is 24.6. The Kier molecular flexibility index (Phi) is 7.49. The van der Waals surface area contributed by atoms with Gasteiger partial charge in [0.2, 0.25) is 5.91 Å². The summed E-state index contributed by atoms with van der Waals surface area (Å²) in [7, 11) is 1.64. The minimum absolute atomic E-state index is 0.0254. The molecule has 5 rings (SSSR count). The highest BCUT2D eigenvalue weighted by atomic mass is 19.1. The number of aryl methyl sites for hydroxylation is 1. The number of hydrogen-bond donors (Lipinski definition) is 0. The van der Waals surface area contributed by atoms with E-state index in [-0.39, 0.29) is 17.6 Å². The fourth-order valence-corrected chi connectivity index (χ4v) is 4.89. The van der Waals surface area contributed by atoms with Gasteiger partial charge in [0.05, 0.1) is 12.8 Å². The predicted octanol–water partition coefficient (Wildman–Crippen LogP) is 5.69. The molecule has 1 aliphatic heterocycles. The number of rotatable bonds is 7. The molecule has 0 spiro atoms. The van der Waals surface area contributed by atoms with E-state index in [2.05, 4.69) is 9.97 Å². The first-order valence-electron chi connectivity index (χ1n) is 12.6. The number of carbonyl (C=O) groups excluding carboxylic acids is 1. The average Bonchev–Trinajstić information content (AvgIpc) is 2.96. The molecule has 1 amide bonds. The highest BCUT2D eigenvalue weighted by Gasteiger charge is 2.28. The molecule has 0 saturated carbocycles. The van der Waals surface area contributed by atoms with Crippen LogP contribution in [0.5, 0.6) is 5.75 Å². The average molecular weight is 497 g/mol. The lowest BCUT2D eigenvalue weighted by Gasteiger charge is -2.33. The van der Waals surface area contributed by atoms with Crippen molar-refractivity contribution in [3.05, 3.63) is 96.3 Å². The molecule has 1 fully saturated rings. The van der Waals surface area contributed by atoms with Crippen LogP contribution in [0.4, 0.5) is 4.39 Å². The van der Waals surface area contributed by atoms with Gasteiger partial charge in [0.1, 0.15) is 11.6 Å². The van der Waals surface area contributed by atoms with Gasteiger partial charge in [-0.2, -0.15) is 0 Å². The number of amides is 1. The first-order valence-corrected chi connectivity index (χ1v) is 12.6. The summed E-state index contributed by atoms with van der Waals surface area (Å²) in [6, 6.07) is 18.2. The van der Waals surface area contributed by atoms with Crippen LogP contribution >= 0.6 is 0 Å². The summed E-state index contributed by atoms with van der Waals surface area (Å²) in [5.41, 5.74) is 3.77. The molecule has 1 aliphatic rings. The van der Waals surface area contributed by atoms with Gasteiger partial charge >= 0.3 is 0 Å². The molecule has 0 radical (unpaired) electrons. The third kappa shape index (κ3) is 5.66. The molecule has 1 atom stereocenters. The van der Waals surface area contributed by atoms with Crippen LogP contribution in [-0.4, -0.2) is 46.0 Å². The number of pyridine rings is 1. The van der Waals surface area contributed by atoms with E-state index in [1.807, 2.05) is 47.4 Å². The third-order valence-electron chi connectivity index (χ3n) is 6.82. The summed E-state index contributed by atoms with van der Waals surface area (Å²) in [6.07, 6.45) is 7.92. The van der Waals surface area contributed by atoms with Crippen LogP contribution < -0.4 is 4.74 Å². The summed E-state index contributed by atoms with van der Waals surface area (Å²) in [5, 5.41) is 0. The second kappa shape index (κ2) is 11.3. The second-order valence-corrected chi connectivity index (χ2v) is 9.24. The maximum absolute atomic E-state index is 14.8. The Labute approximate surface area is 216 Å². The van der Waals surface area contributed by atoms with Crippen molar-refractivity contribution in [1.82, 2.24) is 19.9 Å². The lowest BCUT2D eigenvalue weighted by atomic mass is 9.89. The van der Waals surface area contributed by atoms with Gasteiger partial charge in [-0.25, -0.2) is 14.4 Å². The largest absolute Gasteiger partial charge is 0.497 e. The summed E-state index contributed by atoms with van der Waals surface area (Å²) in [4.78, 5) is 28.8. The molecule has 2 aromatic heterocycles. The maximum atomic E-state index is 14.8. The normalized spacial score (nSPS) is 15.4. The van der Waals surface area contributed by atoms with E-state index in [0.717, 1.165) is 35.4 Å². The smallest absolute Gasteiger partial charge is 0.222 e. The molecule has 0 bridgehead atoms. The molecule has 3 heterocycles. The van der Waals surface area contributed by atoms with E-state index >= 15 is 0 Å². The van der Waals surface area contributed by atoms with E-state index in [0.29, 0.717) is 42.9 Å². The molecular weight excluding hydrogens is 467 g/mol. The molecule has 0 aliphatic carbocycles. The Hall–Kier alpha value is -4.13. The highest BCUT2D eigenvalue weighted by molar-refractivity contribution is 5.77. The SMILES string of the molecule is COc1cccc(CCC(=O)N2CCC[C@@H](c3nc(-c4cccnc4)ncc3-c3ccccc3F)C2)c1.